The molecule has 27 heteroatoms. The normalized spacial score (nSPS) is 14.4. The van der Waals surface area contributed by atoms with Gasteiger partial charge in [0.05, 0.1) is 25.6 Å². The zero-order valence-electron chi connectivity index (χ0n) is 40.2. The number of carboxylic acid groups (broad SMARTS) is 3. The Morgan fingerprint density at radius 1 is 0.577 bits per heavy atom. The van der Waals surface area contributed by atoms with Crippen LogP contribution in [-0.4, -0.2) is 165 Å². The number of hydrogen-bond acceptors (Lipinski definition) is 15. The summed E-state index contributed by atoms with van der Waals surface area (Å²) in [4.78, 5) is 153. The number of nitrogens with one attached hydrogen (secondary N) is 8. The molecule has 0 saturated heterocycles. The highest BCUT2D eigenvalue weighted by molar-refractivity contribution is 7.98. The molecule has 1 rings (SSSR count). The average Bonchev–Trinajstić information content (AvgIpc) is 3.29. The average molecular weight is 1030 g/mol. The summed E-state index contributed by atoms with van der Waals surface area (Å²) in [6.07, 6.45) is -1.57. The van der Waals surface area contributed by atoms with Crippen LogP contribution in [0.5, 0.6) is 0 Å². The summed E-state index contributed by atoms with van der Waals surface area (Å²) in [7, 11) is 0. The maximum absolute atomic E-state index is 13.8. The van der Waals surface area contributed by atoms with Crippen LogP contribution in [0.3, 0.4) is 0 Å². The number of carbonyl (C=O) groups is 12. The lowest BCUT2D eigenvalue weighted by atomic mass is 10.00. The van der Waals surface area contributed by atoms with Crippen LogP contribution in [0.4, 0.5) is 0 Å². The van der Waals surface area contributed by atoms with E-state index in [-0.39, 0.29) is 31.1 Å². The summed E-state index contributed by atoms with van der Waals surface area (Å²) in [6.45, 7) is 4.92. The molecule has 0 heterocycles. The Kier molecular flexibility index (Phi) is 28.1. The Bertz CT molecular complexity index is 2030. The van der Waals surface area contributed by atoms with Crippen LogP contribution in [0.1, 0.15) is 78.2 Å². The Balaban J connectivity index is 3.27. The van der Waals surface area contributed by atoms with Crippen LogP contribution in [-0.2, 0) is 64.0 Å². The number of hydrogen-bond donors (Lipinski definition) is 14. The number of aliphatic hydroxyl groups is 1. The fourth-order valence-corrected chi connectivity index (χ4v) is 6.87. The lowest BCUT2D eigenvalue weighted by molar-refractivity contribution is -0.143. The number of benzene rings is 1. The van der Waals surface area contributed by atoms with Crippen molar-refractivity contribution in [3.8, 4) is 0 Å². The first-order valence-corrected chi connectivity index (χ1v) is 23.9. The van der Waals surface area contributed by atoms with E-state index in [9.17, 15) is 78.0 Å². The largest absolute Gasteiger partial charge is 0.481 e. The van der Waals surface area contributed by atoms with Crippen molar-refractivity contribution in [1.29, 1.82) is 0 Å². The first-order valence-electron chi connectivity index (χ1n) is 22.5. The molecule has 0 saturated carbocycles. The van der Waals surface area contributed by atoms with Gasteiger partial charge >= 0.3 is 17.9 Å². The molecule has 396 valence electrons. The van der Waals surface area contributed by atoms with Crippen molar-refractivity contribution in [3.63, 3.8) is 0 Å². The number of nitrogens with two attached hydrogens (primary N) is 2. The predicted molar refractivity (Wildman–Crippen MR) is 254 cm³/mol. The summed E-state index contributed by atoms with van der Waals surface area (Å²) in [6, 6.07) is -3.65. The maximum atomic E-state index is 13.8. The third-order valence-electron chi connectivity index (χ3n) is 10.4. The van der Waals surface area contributed by atoms with E-state index >= 15 is 0 Å². The number of aliphatic carboxylic acids is 3. The number of carboxylic acids is 3. The van der Waals surface area contributed by atoms with Crippen molar-refractivity contribution in [1.82, 2.24) is 42.5 Å². The number of aliphatic hydroxyl groups excluding tert-OH is 1. The topological polar surface area (TPSA) is 434 Å². The molecule has 71 heavy (non-hydrogen) atoms. The van der Waals surface area contributed by atoms with Crippen molar-refractivity contribution in [2.24, 2.45) is 23.3 Å². The third-order valence-corrected chi connectivity index (χ3v) is 11.0. The molecule has 1 aromatic carbocycles. The molecule has 26 nitrogen and oxygen atoms in total. The second-order valence-corrected chi connectivity index (χ2v) is 18.1. The molecular weight excluding hydrogens is 957 g/mol. The van der Waals surface area contributed by atoms with Crippen LogP contribution in [0, 0.1) is 11.8 Å². The first kappa shape index (κ1) is 62.1. The lowest BCUT2D eigenvalue weighted by Gasteiger charge is -2.27. The molecule has 0 spiro atoms. The summed E-state index contributed by atoms with van der Waals surface area (Å²) in [5.74, 6) is -13.4. The summed E-state index contributed by atoms with van der Waals surface area (Å²) >= 11 is 1.29. The molecule has 9 amide bonds. The number of carbonyl (C=O) groups excluding carboxylic acids is 9. The van der Waals surface area contributed by atoms with Gasteiger partial charge in [-0.05, 0) is 55.1 Å². The molecule has 0 bridgehead atoms. The van der Waals surface area contributed by atoms with Gasteiger partial charge in [0, 0.05) is 19.3 Å². The summed E-state index contributed by atoms with van der Waals surface area (Å²) in [5, 5.41) is 57.0. The van der Waals surface area contributed by atoms with Gasteiger partial charge in [-0.3, -0.25) is 52.7 Å². The van der Waals surface area contributed by atoms with Gasteiger partial charge in [-0.2, -0.15) is 11.8 Å². The van der Waals surface area contributed by atoms with Crippen molar-refractivity contribution >= 4 is 82.8 Å². The molecule has 1 aromatic rings. The SMILES string of the molecule is CSCC[C@H](NC(=O)[C@H](Cc1ccccc1)NC(=O)[C@H](CO)NC(=O)CNC(=O)[C@H](CCC(=O)O)NC(=O)[C@H](CCC(=O)O)NC(=O)[C@H](CC(C)C)NC(=O)[C@@H](N)C(C)C)C(=O)N[C@@H](CC(N)=O)C(=O)O. The lowest BCUT2D eigenvalue weighted by Crippen LogP contribution is -2.59. The van der Waals surface area contributed by atoms with Crippen molar-refractivity contribution < 1.29 is 78.0 Å². The summed E-state index contributed by atoms with van der Waals surface area (Å²) in [5.41, 5.74) is 11.6. The van der Waals surface area contributed by atoms with Gasteiger partial charge in [-0.1, -0.05) is 58.0 Å². The fraction of sp³-hybridized carbons (Fsp3) is 0.591. The van der Waals surface area contributed by atoms with Gasteiger partial charge in [0.1, 0.15) is 42.3 Å². The molecule has 0 fully saturated rings. The molecule has 0 aliphatic rings. The smallest absolute Gasteiger partial charge is 0.326 e. The van der Waals surface area contributed by atoms with E-state index in [0.29, 0.717) is 11.3 Å². The van der Waals surface area contributed by atoms with Gasteiger partial charge in [-0.15, -0.1) is 0 Å². The summed E-state index contributed by atoms with van der Waals surface area (Å²) < 4.78 is 0. The Morgan fingerprint density at radius 2 is 1.03 bits per heavy atom. The number of thioether (sulfide) groups is 1. The second-order valence-electron chi connectivity index (χ2n) is 17.1. The first-order chi connectivity index (χ1) is 33.3. The van der Waals surface area contributed by atoms with E-state index in [2.05, 4.69) is 42.5 Å². The van der Waals surface area contributed by atoms with Gasteiger partial charge in [0.15, 0.2) is 0 Å². The van der Waals surface area contributed by atoms with Crippen LogP contribution >= 0.6 is 11.8 Å². The minimum atomic E-state index is -1.77. The molecule has 0 aliphatic carbocycles. The van der Waals surface area contributed by atoms with Crippen LogP contribution in [0.2, 0.25) is 0 Å². The van der Waals surface area contributed by atoms with Gasteiger partial charge in [0.2, 0.25) is 53.2 Å². The highest BCUT2D eigenvalue weighted by Crippen LogP contribution is 2.11. The van der Waals surface area contributed by atoms with E-state index < -0.39 is 165 Å². The molecular formula is C44H68N10O16S. The van der Waals surface area contributed by atoms with Crippen LogP contribution in [0.15, 0.2) is 30.3 Å². The van der Waals surface area contributed by atoms with Gasteiger partial charge in [-0.25, -0.2) is 4.79 Å². The molecule has 0 unspecified atom stereocenters. The monoisotopic (exact) mass is 1020 g/mol. The molecule has 8 atom stereocenters. The molecule has 0 aliphatic heterocycles. The molecule has 0 aromatic heterocycles. The van der Waals surface area contributed by atoms with Crippen LogP contribution < -0.4 is 54.0 Å². The maximum Gasteiger partial charge on any atom is 0.326 e. The Morgan fingerprint density at radius 3 is 1.49 bits per heavy atom. The van der Waals surface area contributed by atoms with E-state index in [0.717, 1.165) is 0 Å². The van der Waals surface area contributed by atoms with E-state index in [4.69, 9.17) is 11.5 Å². The number of rotatable bonds is 34. The Labute approximate surface area is 414 Å². The van der Waals surface area contributed by atoms with Crippen LogP contribution in [0.25, 0.3) is 0 Å². The highest BCUT2D eigenvalue weighted by atomic mass is 32.2. The predicted octanol–water partition coefficient (Wildman–Crippen LogP) is -3.80. The fourth-order valence-electron chi connectivity index (χ4n) is 6.40. The zero-order valence-corrected chi connectivity index (χ0v) is 41.0. The van der Waals surface area contributed by atoms with E-state index in [1.165, 1.54) is 11.8 Å². The van der Waals surface area contributed by atoms with E-state index in [1.807, 2.05) is 0 Å². The minimum Gasteiger partial charge on any atom is -0.481 e. The Hall–Kier alpha value is -6.87. The van der Waals surface area contributed by atoms with Crippen molar-refractivity contribution in [2.75, 3.05) is 25.2 Å². The third kappa shape index (κ3) is 24.5. The molecule has 16 N–H and O–H groups in total. The number of amides is 9. The van der Waals surface area contributed by atoms with Crippen molar-refractivity contribution in [2.45, 2.75) is 127 Å². The van der Waals surface area contributed by atoms with Gasteiger partial charge in [0.25, 0.3) is 0 Å². The number of primary amides is 1. The second kappa shape index (κ2) is 32.1. The highest BCUT2D eigenvalue weighted by Gasteiger charge is 2.34. The minimum absolute atomic E-state index is 0.0220. The van der Waals surface area contributed by atoms with Crippen molar-refractivity contribution in [3.05, 3.63) is 35.9 Å². The standard InChI is InChI=1S/C44H68N10O16S/c1-22(2)17-28(53-43(68)36(46)23(3)4)40(65)50-26(12-14-35(60)61)38(63)49-25(11-13-34(58)59)37(62)47-20-33(57)48-31(21-55)42(67)52-29(18-24-9-7-6-8-10-24)41(66)51-27(15-16-71-5)39(64)54-30(44(69)70)19-32(45)56/h6-10,22-23,25-31,36,55H,11-21,46H2,1-5H3,(H2,45,56)(H,47,62)(H,48,57)(H,49,63)(H,50,65)(H,51,66)(H,52,67)(H,53,68)(H,54,64)(H,58,59)(H,60,61)(H,69,70)/t25-,26-,27-,28-,29-,30-,31-,36-/m0/s1. The quantitative estimate of drug-likeness (QED) is 0.0315. The van der Waals surface area contributed by atoms with Gasteiger partial charge < -0.3 is 74.4 Å². The van der Waals surface area contributed by atoms with E-state index in [1.54, 1.807) is 64.3 Å². The molecule has 0 radical (unpaired) electrons. The zero-order chi connectivity index (χ0) is 54.0.